The maximum atomic E-state index is 3.80. The van der Waals surface area contributed by atoms with Gasteiger partial charge in [-0.25, -0.2) is 0 Å². The fourth-order valence-corrected chi connectivity index (χ4v) is 1.87. The molecule has 0 aromatic heterocycles. The van der Waals surface area contributed by atoms with Crippen molar-refractivity contribution >= 4 is 5.57 Å². The Morgan fingerprint density at radius 2 is 2.00 bits per heavy atom. The van der Waals surface area contributed by atoms with Gasteiger partial charge in [-0.1, -0.05) is 48.6 Å². The van der Waals surface area contributed by atoms with E-state index >= 15 is 0 Å². The van der Waals surface area contributed by atoms with E-state index in [0.717, 1.165) is 12.8 Å². The third-order valence-corrected chi connectivity index (χ3v) is 2.57. The Hall–Kier alpha value is -1.56. The van der Waals surface area contributed by atoms with Crippen LogP contribution in [0.25, 0.3) is 5.57 Å². The van der Waals surface area contributed by atoms with Gasteiger partial charge in [0.15, 0.2) is 0 Å². The van der Waals surface area contributed by atoms with E-state index in [4.69, 9.17) is 0 Å². The highest BCUT2D eigenvalue weighted by atomic mass is 14.1. The van der Waals surface area contributed by atoms with Gasteiger partial charge in [0, 0.05) is 0 Å². The zero-order chi connectivity index (χ0) is 10.5. The predicted octanol–water partition coefficient (Wildman–Crippen LogP) is 4.18. The van der Waals surface area contributed by atoms with E-state index in [1.54, 1.807) is 0 Å². The first-order valence-corrected chi connectivity index (χ1v) is 5.31. The van der Waals surface area contributed by atoms with Gasteiger partial charge in [-0.15, -0.1) is 6.58 Å². The molecule has 1 aliphatic carbocycles. The van der Waals surface area contributed by atoms with Gasteiger partial charge in [0.1, 0.15) is 0 Å². The second kappa shape index (κ2) is 4.79. The molecule has 1 aromatic carbocycles. The summed E-state index contributed by atoms with van der Waals surface area (Å²) in [6, 6.07) is 10.5. The van der Waals surface area contributed by atoms with Gasteiger partial charge in [0.25, 0.3) is 0 Å². The second-order valence-corrected chi connectivity index (χ2v) is 3.64. The number of benzene rings is 1. The Morgan fingerprint density at radius 1 is 1.20 bits per heavy atom. The maximum absolute atomic E-state index is 3.80. The SMILES string of the molecule is C=CCC1=C(c2ccccc2)[CH]CC=C1. The summed E-state index contributed by atoms with van der Waals surface area (Å²) in [5.41, 5.74) is 4.03. The zero-order valence-electron chi connectivity index (χ0n) is 8.82. The van der Waals surface area contributed by atoms with Crippen molar-refractivity contribution in [1.29, 1.82) is 0 Å². The summed E-state index contributed by atoms with van der Waals surface area (Å²) >= 11 is 0. The van der Waals surface area contributed by atoms with Crippen LogP contribution in [0.15, 0.2) is 60.7 Å². The van der Waals surface area contributed by atoms with E-state index in [1.807, 2.05) is 6.08 Å². The summed E-state index contributed by atoms with van der Waals surface area (Å²) in [5, 5.41) is 0. The van der Waals surface area contributed by atoms with Crippen LogP contribution in [-0.2, 0) is 0 Å². The molecule has 0 unspecified atom stereocenters. The molecule has 0 fully saturated rings. The average molecular weight is 195 g/mol. The highest BCUT2D eigenvalue weighted by Crippen LogP contribution is 2.29. The molecule has 0 saturated carbocycles. The molecule has 0 bridgehead atoms. The Labute approximate surface area is 91.6 Å². The number of rotatable bonds is 3. The van der Waals surface area contributed by atoms with Crippen molar-refractivity contribution in [3.8, 4) is 0 Å². The van der Waals surface area contributed by atoms with E-state index < -0.39 is 0 Å². The normalized spacial score (nSPS) is 15.5. The van der Waals surface area contributed by atoms with Gasteiger partial charge in [0.2, 0.25) is 0 Å². The molecule has 0 N–H and O–H groups in total. The first kappa shape index (κ1) is 9.97. The molecule has 0 aliphatic heterocycles. The van der Waals surface area contributed by atoms with Gasteiger partial charge in [-0.05, 0) is 36.0 Å². The quantitative estimate of drug-likeness (QED) is 0.635. The van der Waals surface area contributed by atoms with Crippen LogP contribution in [0, 0.1) is 6.42 Å². The first-order valence-electron chi connectivity index (χ1n) is 5.31. The molecule has 15 heavy (non-hydrogen) atoms. The molecule has 0 spiro atoms. The van der Waals surface area contributed by atoms with Gasteiger partial charge in [0.05, 0.1) is 0 Å². The average Bonchev–Trinajstić information content (AvgIpc) is 2.31. The molecule has 0 heterocycles. The lowest BCUT2D eigenvalue weighted by Gasteiger charge is -2.15. The topological polar surface area (TPSA) is 0 Å². The van der Waals surface area contributed by atoms with Crippen molar-refractivity contribution in [3.63, 3.8) is 0 Å². The Kier molecular flexibility index (Phi) is 3.18. The third-order valence-electron chi connectivity index (χ3n) is 2.57. The number of hydrogen-bond acceptors (Lipinski definition) is 0. The summed E-state index contributed by atoms with van der Waals surface area (Å²) < 4.78 is 0. The molecule has 0 amide bonds. The van der Waals surface area contributed by atoms with Crippen molar-refractivity contribution < 1.29 is 0 Å². The van der Waals surface area contributed by atoms with Crippen molar-refractivity contribution in [2.75, 3.05) is 0 Å². The summed E-state index contributed by atoms with van der Waals surface area (Å²) in [6.45, 7) is 3.80. The molecular formula is C15H15. The maximum Gasteiger partial charge on any atom is -0.00463 e. The minimum atomic E-state index is 0.942. The van der Waals surface area contributed by atoms with Crippen LogP contribution in [0.3, 0.4) is 0 Å². The van der Waals surface area contributed by atoms with Gasteiger partial charge in [-0.3, -0.25) is 0 Å². The fraction of sp³-hybridized carbons (Fsp3) is 0.133. The zero-order valence-corrected chi connectivity index (χ0v) is 8.82. The van der Waals surface area contributed by atoms with Crippen LogP contribution < -0.4 is 0 Å². The van der Waals surface area contributed by atoms with Gasteiger partial charge in [-0.2, -0.15) is 0 Å². The number of allylic oxidation sites excluding steroid dienone is 5. The van der Waals surface area contributed by atoms with Crippen molar-refractivity contribution in [2.24, 2.45) is 0 Å². The lowest BCUT2D eigenvalue weighted by molar-refractivity contribution is 1.19. The minimum absolute atomic E-state index is 0.942. The van der Waals surface area contributed by atoms with Crippen LogP contribution in [0.5, 0.6) is 0 Å². The highest BCUT2D eigenvalue weighted by Gasteiger charge is 2.08. The second-order valence-electron chi connectivity index (χ2n) is 3.64. The van der Waals surface area contributed by atoms with Crippen molar-refractivity contribution in [2.45, 2.75) is 12.8 Å². The Bertz CT molecular complexity index is 393. The van der Waals surface area contributed by atoms with Gasteiger partial charge < -0.3 is 0 Å². The molecule has 75 valence electrons. The largest absolute Gasteiger partial charge is 0.103 e. The molecular weight excluding hydrogens is 180 g/mol. The Morgan fingerprint density at radius 3 is 2.73 bits per heavy atom. The van der Waals surface area contributed by atoms with Crippen LogP contribution in [0.4, 0.5) is 0 Å². The number of hydrogen-bond donors (Lipinski definition) is 0. The van der Waals surface area contributed by atoms with E-state index in [1.165, 1.54) is 16.7 Å². The molecule has 0 nitrogen and oxygen atoms in total. The molecule has 0 heteroatoms. The van der Waals surface area contributed by atoms with Crippen LogP contribution in [0.2, 0.25) is 0 Å². The smallest absolute Gasteiger partial charge is 0.00463 e. The van der Waals surface area contributed by atoms with Crippen LogP contribution >= 0.6 is 0 Å². The summed E-state index contributed by atoms with van der Waals surface area (Å²) in [6.07, 6.45) is 10.6. The first-order chi connectivity index (χ1) is 7.42. The van der Waals surface area contributed by atoms with E-state index in [-0.39, 0.29) is 0 Å². The minimum Gasteiger partial charge on any atom is -0.103 e. The molecule has 2 rings (SSSR count). The van der Waals surface area contributed by atoms with Crippen molar-refractivity contribution in [1.82, 2.24) is 0 Å². The Balaban J connectivity index is 2.39. The molecule has 0 saturated heterocycles. The van der Waals surface area contributed by atoms with Gasteiger partial charge >= 0.3 is 0 Å². The summed E-state index contributed by atoms with van der Waals surface area (Å²) in [5.74, 6) is 0. The summed E-state index contributed by atoms with van der Waals surface area (Å²) in [4.78, 5) is 0. The lowest BCUT2D eigenvalue weighted by atomic mass is 9.90. The van der Waals surface area contributed by atoms with E-state index in [2.05, 4.69) is 55.5 Å². The highest BCUT2D eigenvalue weighted by molar-refractivity contribution is 5.78. The van der Waals surface area contributed by atoms with Crippen molar-refractivity contribution in [3.05, 3.63) is 72.7 Å². The molecule has 0 atom stereocenters. The van der Waals surface area contributed by atoms with Crippen LogP contribution in [0.1, 0.15) is 18.4 Å². The summed E-state index contributed by atoms with van der Waals surface area (Å²) in [7, 11) is 0. The monoisotopic (exact) mass is 195 g/mol. The third kappa shape index (κ3) is 2.27. The molecule has 1 aromatic rings. The van der Waals surface area contributed by atoms with Crippen LogP contribution in [-0.4, -0.2) is 0 Å². The lowest BCUT2D eigenvalue weighted by Crippen LogP contribution is -1.94. The molecule has 1 radical (unpaired) electrons. The standard InChI is InChI=1S/C15H15/c1-2-8-13-11-6-7-12-15(13)14-9-4-3-5-10-14/h2-6,9-12H,1,7-8H2. The van der Waals surface area contributed by atoms with E-state index in [9.17, 15) is 0 Å². The molecule has 1 aliphatic rings. The van der Waals surface area contributed by atoms with E-state index in [0.29, 0.717) is 0 Å². The predicted molar refractivity (Wildman–Crippen MR) is 66.2 cm³/mol. The fourth-order valence-electron chi connectivity index (χ4n) is 1.87.